The second-order valence-electron chi connectivity index (χ2n) is 7.45. The van der Waals surface area contributed by atoms with Crippen molar-refractivity contribution in [2.24, 2.45) is 0 Å². The molecule has 1 aliphatic rings. The van der Waals surface area contributed by atoms with Crippen molar-refractivity contribution in [1.29, 1.82) is 0 Å². The number of methoxy groups -OCH3 is 1. The van der Waals surface area contributed by atoms with Gasteiger partial charge in [0.1, 0.15) is 17.3 Å². The summed E-state index contributed by atoms with van der Waals surface area (Å²) >= 11 is 6.04. The molecule has 1 fully saturated rings. The van der Waals surface area contributed by atoms with Crippen molar-refractivity contribution in [2.75, 3.05) is 33.3 Å². The highest BCUT2D eigenvalue weighted by molar-refractivity contribution is 6.46. The Kier molecular flexibility index (Phi) is 7.43. The summed E-state index contributed by atoms with van der Waals surface area (Å²) in [6.07, 6.45) is 0. The van der Waals surface area contributed by atoms with E-state index >= 15 is 0 Å². The smallest absolute Gasteiger partial charge is 0.295 e. The standard InChI is InChI=1S/C24H27ClN2O5/c1-4-26(5-2)12-13-27-21(15-6-8-16(25)9-7-15)20(23(30)24(27)31)22(29)18-11-10-17(32-3)14-19(18)28/h6-11,14,21,28-29H,4-5,12-13H2,1-3H3. The summed E-state index contributed by atoms with van der Waals surface area (Å²) in [7, 11) is 1.45. The van der Waals surface area contributed by atoms with Crippen LogP contribution in [0, 0.1) is 0 Å². The van der Waals surface area contributed by atoms with Gasteiger partial charge in [0.05, 0.1) is 24.3 Å². The van der Waals surface area contributed by atoms with E-state index in [0.717, 1.165) is 13.1 Å². The molecule has 1 unspecified atom stereocenters. The highest BCUT2D eigenvalue weighted by Gasteiger charge is 2.46. The molecule has 0 aromatic heterocycles. The molecule has 1 amide bonds. The number of rotatable bonds is 8. The number of aliphatic hydroxyl groups excluding tert-OH is 1. The second-order valence-corrected chi connectivity index (χ2v) is 7.89. The predicted molar refractivity (Wildman–Crippen MR) is 123 cm³/mol. The molecule has 1 saturated heterocycles. The number of aliphatic hydroxyl groups is 1. The number of carbonyl (C=O) groups excluding carboxylic acids is 2. The van der Waals surface area contributed by atoms with Gasteiger partial charge < -0.3 is 24.7 Å². The number of ether oxygens (including phenoxy) is 1. The van der Waals surface area contributed by atoms with Gasteiger partial charge in [-0.15, -0.1) is 0 Å². The normalized spacial score (nSPS) is 17.9. The lowest BCUT2D eigenvalue weighted by Crippen LogP contribution is -2.38. The van der Waals surface area contributed by atoms with Crippen molar-refractivity contribution < 1.29 is 24.5 Å². The molecule has 0 spiro atoms. The third kappa shape index (κ3) is 4.59. The van der Waals surface area contributed by atoms with E-state index in [4.69, 9.17) is 16.3 Å². The minimum Gasteiger partial charge on any atom is -0.507 e. The first-order valence-electron chi connectivity index (χ1n) is 10.5. The van der Waals surface area contributed by atoms with Crippen LogP contribution >= 0.6 is 11.6 Å². The third-order valence-corrected chi connectivity index (χ3v) is 5.99. The van der Waals surface area contributed by atoms with E-state index in [9.17, 15) is 19.8 Å². The number of amides is 1. The molecule has 1 aliphatic heterocycles. The Bertz CT molecular complexity index is 1030. The number of ketones is 1. The van der Waals surface area contributed by atoms with Crippen LogP contribution in [-0.4, -0.2) is 65.0 Å². The number of halogens is 1. The maximum Gasteiger partial charge on any atom is 0.295 e. The Balaban J connectivity index is 2.12. The first-order chi connectivity index (χ1) is 15.3. The molecular formula is C24H27ClN2O5. The van der Waals surface area contributed by atoms with Crippen molar-refractivity contribution in [3.05, 3.63) is 64.2 Å². The number of phenols is 1. The second kappa shape index (κ2) is 10.1. The number of Topliss-reactive ketones (excluding diaryl/α,β-unsaturated/α-hetero) is 1. The zero-order valence-electron chi connectivity index (χ0n) is 18.3. The Morgan fingerprint density at radius 3 is 2.34 bits per heavy atom. The zero-order valence-corrected chi connectivity index (χ0v) is 19.1. The number of aromatic hydroxyl groups is 1. The van der Waals surface area contributed by atoms with E-state index in [-0.39, 0.29) is 16.9 Å². The van der Waals surface area contributed by atoms with Gasteiger partial charge in [0.2, 0.25) is 0 Å². The summed E-state index contributed by atoms with van der Waals surface area (Å²) in [4.78, 5) is 29.6. The minimum atomic E-state index is -0.802. The lowest BCUT2D eigenvalue weighted by molar-refractivity contribution is -0.140. The van der Waals surface area contributed by atoms with E-state index in [1.165, 1.54) is 24.1 Å². The number of benzene rings is 2. The maximum atomic E-state index is 13.0. The van der Waals surface area contributed by atoms with Crippen molar-refractivity contribution in [3.8, 4) is 11.5 Å². The quantitative estimate of drug-likeness (QED) is 0.355. The third-order valence-electron chi connectivity index (χ3n) is 5.74. The zero-order chi connectivity index (χ0) is 23.4. The number of likely N-dealkylation sites (N-methyl/N-ethyl adjacent to an activating group) is 1. The Morgan fingerprint density at radius 1 is 1.12 bits per heavy atom. The molecular weight excluding hydrogens is 432 g/mol. The molecule has 2 aromatic carbocycles. The number of nitrogens with zero attached hydrogens (tertiary/aromatic N) is 2. The van der Waals surface area contributed by atoms with Crippen LogP contribution < -0.4 is 4.74 Å². The first-order valence-corrected chi connectivity index (χ1v) is 10.8. The monoisotopic (exact) mass is 458 g/mol. The Morgan fingerprint density at radius 2 is 1.78 bits per heavy atom. The van der Waals surface area contributed by atoms with E-state index in [1.807, 2.05) is 13.8 Å². The first kappa shape index (κ1) is 23.6. The highest BCUT2D eigenvalue weighted by Crippen LogP contribution is 2.41. The summed E-state index contributed by atoms with van der Waals surface area (Å²) in [5.74, 6) is -1.78. The highest BCUT2D eigenvalue weighted by atomic mass is 35.5. The van der Waals surface area contributed by atoms with Gasteiger partial charge in [0.25, 0.3) is 11.7 Å². The number of carbonyl (C=O) groups is 2. The molecule has 3 rings (SSSR count). The average molecular weight is 459 g/mol. The van der Waals surface area contributed by atoms with Gasteiger partial charge in [-0.3, -0.25) is 9.59 Å². The van der Waals surface area contributed by atoms with Gasteiger partial charge in [-0.1, -0.05) is 37.6 Å². The topological polar surface area (TPSA) is 90.3 Å². The molecule has 170 valence electrons. The van der Waals surface area contributed by atoms with Gasteiger partial charge in [-0.2, -0.15) is 0 Å². The molecule has 2 aromatic rings. The number of phenolic OH excluding ortho intramolecular Hbond substituents is 1. The van der Waals surface area contributed by atoms with Gasteiger partial charge >= 0.3 is 0 Å². The molecule has 0 bridgehead atoms. The van der Waals surface area contributed by atoms with Gasteiger partial charge in [-0.25, -0.2) is 0 Å². The molecule has 0 aliphatic carbocycles. The van der Waals surface area contributed by atoms with Crippen LogP contribution in [0.4, 0.5) is 0 Å². The summed E-state index contributed by atoms with van der Waals surface area (Å²) in [6, 6.07) is 10.3. The predicted octanol–water partition coefficient (Wildman–Crippen LogP) is 3.82. The fourth-order valence-electron chi connectivity index (χ4n) is 3.88. The van der Waals surface area contributed by atoms with Crippen LogP contribution in [0.15, 0.2) is 48.0 Å². The summed E-state index contributed by atoms with van der Waals surface area (Å²) in [5, 5.41) is 22.0. The largest absolute Gasteiger partial charge is 0.507 e. The molecule has 32 heavy (non-hydrogen) atoms. The van der Waals surface area contributed by atoms with Crippen molar-refractivity contribution in [2.45, 2.75) is 19.9 Å². The van der Waals surface area contributed by atoms with E-state index in [0.29, 0.717) is 29.4 Å². The van der Waals surface area contributed by atoms with Crippen molar-refractivity contribution in [3.63, 3.8) is 0 Å². The van der Waals surface area contributed by atoms with Crippen molar-refractivity contribution >= 4 is 29.1 Å². The molecule has 1 heterocycles. The average Bonchev–Trinajstić information content (AvgIpc) is 3.04. The lowest BCUT2D eigenvalue weighted by Gasteiger charge is -2.28. The number of likely N-dealkylation sites (tertiary alicyclic amines) is 1. The number of hydrogen-bond acceptors (Lipinski definition) is 6. The van der Waals surface area contributed by atoms with Crippen LogP contribution in [0.1, 0.15) is 31.0 Å². The molecule has 7 nitrogen and oxygen atoms in total. The van der Waals surface area contributed by atoms with Gasteiger partial charge in [0.15, 0.2) is 0 Å². The maximum absolute atomic E-state index is 13.0. The van der Waals surface area contributed by atoms with E-state index < -0.39 is 23.5 Å². The molecule has 2 N–H and O–H groups in total. The van der Waals surface area contributed by atoms with E-state index in [1.54, 1.807) is 30.3 Å². The van der Waals surface area contributed by atoms with Crippen molar-refractivity contribution in [1.82, 2.24) is 9.80 Å². The fourth-order valence-corrected chi connectivity index (χ4v) is 4.00. The molecule has 0 saturated carbocycles. The summed E-state index contributed by atoms with van der Waals surface area (Å²) in [5.41, 5.74) is 0.617. The molecule has 0 radical (unpaired) electrons. The number of hydrogen-bond donors (Lipinski definition) is 2. The minimum absolute atomic E-state index is 0.0477. The Hall–Kier alpha value is -3.03. The SMILES string of the molecule is CCN(CC)CCN1C(=O)C(=O)C(=C(O)c2ccc(OC)cc2O)C1c1ccc(Cl)cc1. The van der Waals surface area contributed by atoms with Gasteiger partial charge in [0, 0.05) is 24.2 Å². The van der Waals surface area contributed by atoms with Crippen LogP contribution in [0.3, 0.4) is 0 Å². The Labute approximate surface area is 192 Å². The van der Waals surface area contributed by atoms with E-state index in [2.05, 4.69) is 4.90 Å². The summed E-state index contributed by atoms with van der Waals surface area (Å²) < 4.78 is 5.08. The van der Waals surface area contributed by atoms with Crippen LogP contribution in [0.2, 0.25) is 5.02 Å². The van der Waals surface area contributed by atoms with Crippen LogP contribution in [-0.2, 0) is 9.59 Å². The fraction of sp³-hybridized carbons (Fsp3) is 0.333. The molecule has 1 atom stereocenters. The molecule has 8 heteroatoms. The van der Waals surface area contributed by atoms with Crippen LogP contribution in [0.25, 0.3) is 5.76 Å². The van der Waals surface area contributed by atoms with Crippen LogP contribution in [0.5, 0.6) is 11.5 Å². The van der Waals surface area contributed by atoms with Gasteiger partial charge in [-0.05, 0) is 42.9 Å². The lowest BCUT2D eigenvalue weighted by atomic mass is 9.95. The summed E-state index contributed by atoms with van der Waals surface area (Å²) in [6.45, 7) is 6.57.